The van der Waals surface area contributed by atoms with E-state index in [0.29, 0.717) is 12.5 Å². The first-order valence-electron chi connectivity index (χ1n) is 6.17. The van der Waals surface area contributed by atoms with Crippen LogP contribution in [0.25, 0.3) is 0 Å². The van der Waals surface area contributed by atoms with Crippen LogP contribution >= 0.6 is 11.3 Å². The van der Waals surface area contributed by atoms with Gasteiger partial charge in [-0.2, -0.15) is 4.98 Å². The van der Waals surface area contributed by atoms with Gasteiger partial charge in [0.05, 0.1) is 11.0 Å². The van der Waals surface area contributed by atoms with Gasteiger partial charge in [-0.25, -0.2) is 4.98 Å². The van der Waals surface area contributed by atoms with Crippen molar-refractivity contribution >= 4 is 28.8 Å². The highest BCUT2D eigenvalue weighted by molar-refractivity contribution is 7.10. The van der Waals surface area contributed by atoms with Gasteiger partial charge >= 0.3 is 5.69 Å². The Hall–Kier alpha value is -2.22. The Morgan fingerprint density at radius 1 is 1.55 bits per heavy atom. The van der Waals surface area contributed by atoms with Gasteiger partial charge in [-0.15, -0.1) is 11.3 Å². The Balaban J connectivity index is 2.27. The van der Waals surface area contributed by atoms with Crippen molar-refractivity contribution in [1.29, 1.82) is 0 Å². The SMILES string of the molecule is CCNc1ncc([N+](=O)[O-])c(NC(C)c2cccs2)n1. The average Bonchev–Trinajstić information content (AvgIpc) is 2.93. The van der Waals surface area contributed by atoms with Gasteiger partial charge in [0.2, 0.25) is 11.8 Å². The van der Waals surface area contributed by atoms with Crippen molar-refractivity contribution in [2.24, 2.45) is 0 Å². The van der Waals surface area contributed by atoms with E-state index in [1.807, 2.05) is 31.4 Å². The molecule has 7 nitrogen and oxygen atoms in total. The van der Waals surface area contributed by atoms with Crippen LogP contribution in [0.5, 0.6) is 0 Å². The van der Waals surface area contributed by atoms with Gasteiger partial charge in [-0.3, -0.25) is 10.1 Å². The summed E-state index contributed by atoms with van der Waals surface area (Å²) in [5.41, 5.74) is -0.130. The molecule has 1 unspecified atom stereocenters. The molecule has 0 spiro atoms. The number of nitrogens with one attached hydrogen (secondary N) is 2. The van der Waals surface area contributed by atoms with Crippen LogP contribution in [-0.4, -0.2) is 21.4 Å². The summed E-state index contributed by atoms with van der Waals surface area (Å²) in [4.78, 5) is 19.7. The lowest BCUT2D eigenvalue weighted by Gasteiger charge is -2.13. The maximum Gasteiger partial charge on any atom is 0.329 e. The Morgan fingerprint density at radius 2 is 2.35 bits per heavy atom. The minimum atomic E-state index is -0.487. The maximum absolute atomic E-state index is 11.0. The molecule has 0 aromatic carbocycles. The normalized spacial score (nSPS) is 11.9. The molecular weight excluding hydrogens is 278 g/mol. The minimum absolute atomic E-state index is 0.0573. The molecule has 0 saturated heterocycles. The van der Waals surface area contributed by atoms with Crippen molar-refractivity contribution in [3.8, 4) is 0 Å². The number of hydrogen-bond acceptors (Lipinski definition) is 7. The van der Waals surface area contributed by atoms with E-state index in [0.717, 1.165) is 4.88 Å². The number of hydrogen-bond donors (Lipinski definition) is 2. The molecule has 0 aliphatic heterocycles. The van der Waals surface area contributed by atoms with Gasteiger partial charge < -0.3 is 10.6 Å². The highest BCUT2D eigenvalue weighted by Crippen LogP contribution is 2.28. The second-order valence-electron chi connectivity index (χ2n) is 4.10. The van der Waals surface area contributed by atoms with E-state index in [9.17, 15) is 10.1 Å². The summed E-state index contributed by atoms with van der Waals surface area (Å²) in [6.07, 6.45) is 1.22. The van der Waals surface area contributed by atoms with Crippen LogP contribution in [0.4, 0.5) is 17.5 Å². The standard InChI is InChI=1S/C12H15N5O2S/c1-3-13-12-14-7-9(17(18)19)11(16-12)15-8(2)10-5-4-6-20-10/h4-8H,3H2,1-2H3,(H2,13,14,15,16). The second-order valence-corrected chi connectivity index (χ2v) is 5.08. The molecule has 2 rings (SSSR count). The van der Waals surface area contributed by atoms with Crippen LogP contribution in [0.15, 0.2) is 23.7 Å². The predicted molar refractivity (Wildman–Crippen MR) is 79.2 cm³/mol. The zero-order valence-electron chi connectivity index (χ0n) is 11.2. The molecule has 1 atom stereocenters. The van der Waals surface area contributed by atoms with E-state index in [1.165, 1.54) is 6.20 Å². The van der Waals surface area contributed by atoms with Gasteiger partial charge in [-0.1, -0.05) is 6.07 Å². The van der Waals surface area contributed by atoms with Crippen LogP contribution in [0.1, 0.15) is 24.8 Å². The van der Waals surface area contributed by atoms with E-state index >= 15 is 0 Å². The summed E-state index contributed by atoms with van der Waals surface area (Å²) in [5.74, 6) is 0.598. The van der Waals surface area contributed by atoms with Crippen molar-refractivity contribution in [3.63, 3.8) is 0 Å². The molecule has 8 heteroatoms. The summed E-state index contributed by atoms with van der Waals surface area (Å²) in [6.45, 7) is 4.49. The minimum Gasteiger partial charge on any atom is -0.357 e. The largest absolute Gasteiger partial charge is 0.357 e. The van der Waals surface area contributed by atoms with Gasteiger partial charge in [-0.05, 0) is 25.3 Å². The molecule has 0 saturated carbocycles. The first-order valence-corrected chi connectivity index (χ1v) is 7.05. The molecule has 20 heavy (non-hydrogen) atoms. The van der Waals surface area contributed by atoms with Crippen molar-refractivity contribution < 1.29 is 4.92 Å². The monoisotopic (exact) mass is 293 g/mol. The third-order valence-electron chi connectivity index (χ3n) is 2.62. The summed E-state index contributed by atoms with van der Waals surface area (Å²) in [6, 6.07) is 3.86. The third-order valence-corrected chi connectivity index (χ3v) is 3.68. The van der Waals surface area contributed by atoms with E-state index in [2.05, 4.69) is 20.6 Å². The Bertz CT molecular complexity index is 588. The Morgan fingerprint density at radius 3 is 2.95 bits per heavy atom. The van der Waals surface area contributed by atoms with E-state index in [4.69, 9.17) is 0 Å². The van der Waals surface area contributed by atoms with Crippen LogP contribution in [-0.2, 0) is 0 Å². The second kappa shape index (κ2) is 6.29. The van der Waals surface area contributed by atoms with Gasteiger partial charge in [0.25, 0.3) is 0 Å². The molecule has 0 amide bonds. The van der Waals surface area contributed by atoms with Gasteiger partial charge in [0, 0.05) is 11.4 Å². The molecule has 0 fully saturated rings. The smallest absolute Gasteiger partial charge is 0.329 e. The molecule has 2 aromatic rings. The molecular formula is C12H15N5O2S. The van der Waals surface area contributed by atoms with Crippen molar-refractivity contribution in [3.05, 3.63) is 38.7 Å². The summed E-state index contributed by atoms with van der Waals surface area (Å²) < 4.78 is 0. The topological polar surface area (TPSA) is 93.0 Å². The molecule has 0 radical (unpaired) electrons. The van der Waals surface area contributed by atoms with E-state index < -0.39 is 4.92 Å². The lowest BCUT2D eigenvalue weighted by molar-refractivity contribution is -0.384. The highest BCUT2D eigenvalue weighted by Gasteiger charge is 2.19. The number of rotatable bonds is 6. The predicted octanol–water partition coefficient (Wildman–Crippen LogP) is 3.05. The number of thiophene rings is 1. The lowest BCUT2D eigenvalue weighted by atomic mass is 10.2. The molecule has 0 aliphatic carbocycles. The molecule has 2 heterocycles. The van der Waals surface area contributed by atoms with E-state index in [1.54, 1.807) is 11.3 Å². The van der Waals surface area contributed by atoms with Crippen molar-refractivity contribution in [2.45, 2.75) is 19.9 Å². The first kappa shape index (κ1) is 14.2. The maximum atomic E-state index is 11.0. The lowest BCUT2D eigenvalue weighted by Crippen LogP contribution is -2.11. The zero-order valence-corrected chi connectivity index (χ0v) is 12.0. The first-order chi connectivity index (χ1) is 9.61. The fourth-order valence-electron chi connectivity index (χ4n) is 1.67. The summed E-state index contributed by atoms with van der Waals surface area (Å²) >= 11 is 1.59. The van der Waals surface area contributed by atoms with Crippen LogP contribution in [0, 0.1) is 10.1 Å². The van der Waals surface area contributed by atoms with Crippen molar-refractivity contribution in [2.75, 3.05) is 17.2 Å². The quantitative estimate of drug-likeness (QED) is 0.628. The molecule has 2 N–H and O–H groups in total. The number of aromatic nitrogens is 2. The summed E-state index contributed by atoms with van der Waals surface area (Å²) in [7, 11) is 0. The van der Waals surface area contributed by atoms with Gasteiger partial charge in [0.15, 0.2) is 0 Å². The highest BCUT2D eigenvalue weighted by atomic mass is 32.1. The molecule has 0 bridgehead atoms. The fourth-order valence-corrected chi connectivity index (χ4v) is 2.41. The van der Waals surface area contributed by atoms with Crippen LogP contribution < -0.4 is 10.6 Å². The summed E-state index contributed by atoms with van der Waals surface area (Å²) in [5, 5.41) is 19.0. The fraction of sp³-hybridized carbons (Fsp3) is 0.333. The zero-order chi connectivity index (χ0) is 14.5. The van der Waals surface area contributed by atoms with Crippen LogP contribution in [0.3, 0.4) is 0 Å². The van der Waals surface area contributed by atoms with E-state index in [-0.39, 0.29) is 17.5 Å². The molecule has 106 valence electrons. The Kier molecular flexibility index (Phi) is 4.46. The number of nitro groups is 1. The Labute approximate surface area is 120 Å². The number of nitrogens with zero attached hydrogens (tertiary/aromatic N) is 3. The average molecular weight is 293 g/mol. The van der Waals surface area contributed by atoms with Crippen molar-refractivity contribution in [1.82, 2.24) is 9.97 Å². The van der Waals surface area contributed by atoms with Gasteiger partial charge in [0.1, 0.15) is 6.20 Å². The third kappa shape index (κ3) is 3.21. The molecule has 0 aliphatic rings. The number of anilines is 2. The molecule has 2 aromatic heterocycles. The van der Waals surface area contributed by atoms with Crippen LogP contribution in [0.2, 0.25) is 0 Å².